The summed E-state index contributed by atoms with van der Waals surface area (Å²) in [7, 11) is 0. The Labute approximate surface area is 334 Å². The second kappa shape index (κ2) is 17.4. The molecule has 3 amide bonds. The van der Waals surface area contributed by atoms with E-state index >= 15 is 0 Å². The second-order valence-corrected chi connectivity index (χ2v) is 14.2. The fourth-order valence-corrected chi connectivity index (χ4v) is 6.30. The first-order valence-electron chi connectivity index (χ1n) is 18.0. The highest BCUT2D eigenvalue weighted by Gasteiger charge is 2.45. The molecule has 1 aromatic heterocycles. The van der Waals surface area contributed by atoms with Gasteiger partial charge in [0.25, 0.3) is 5.91 Å². The van der Waals surface area contributed by atoms with Gasteiger partial charge in [-0.2, -0.15) is 28.1 Å². The molecule has 4 aromatic rings. The van der Waals surface area contributed by atoms with Crippen molar-refractivity contribution in [3.05, 3.63) is 88.9 Å². The molecule has 1 aliphatic carbocycles. The zero-order chi connectivity index (χ0) is 41.6. The molecular weight excluding hydrogens is 785 g/mol. The molecule has 304 valence electrons. The number of nitrogens with zero attached hydrogens (tertiary/aromatic N) is 5. The molecule has 2 heterocycles. The fourth-order valence-electron chi connectivity index (χ4n) is 6.17. The minimum atomic E-state index is -4.66. The molecule has 58 heavy (non-hydrogen) atoms. The number of piperazine rings is 1. The molecule has 0 radical (unpaired) electrons. The maximum Gasteiger partial charge on any atom is 0.422 e. The number of anilines is 5. The lowest BCUT2D eigenvalue weighted by Gasteiger charge is -2.37. The Morgan fingerprint density at radius 1 is 0.897 bits per heavy atom. The van der Waals surface area contributed by atoms with E-state index in [1.165, 1.54) is 24.3 Å². The molecule has 2 unspecified atom stereocenters. The zero-order valence-corrected chi connectivity index (χ0v) is 31.8. The number of carboxylic acids is 1. The highest BCUT2D eigenvalue weighted by atomic mass is 35.5. The lowest BCUT2D eigenvalue weighted by atomic mass is 10.1. The summed E-state index contributed by atoms with van der Waals surface area (Å²) in [6.07, 6.45) is -3.27. The van der Waals surface area contributed by atoms with Gasteiger partial charge in [-0.05, 0) is 92.9 Å². The van der Waals surface area contributed by atoms with Crippen molar-refractivity contribution < 1.29 is 42.2 Å². The molecule has 2 aliphatic rings. The quantitative estimate of drug-likeness (QED) is 0.0782. The summed E-state index contributed by atoms with van der Waals surface area (Å²) >= 11 is 6.02. The normalized spacial score (nSPS) is 17.5. The Bertz CT molecular complexity index is 2180. The maximum absolute atomic E-state index is 13.0. The van der Waals surface area contributed by atoms with E-state index in [4.69, 9.17) is 16.3 Å². The van der Waals surface area contributed by atoms with E-state index < -0.39 is 60.3 Å². The van der Waals surface area contributed by atoms with E-state index in [0.29, 0.717) is 35.6 Å². The number of carboxylic acid groups (broad SMARTS) is 1. The van der Waals surface area contributed by atoms with Gasteiger partial charge in [0.15, 0.2) is 6.61 Å². The Morgan fingerprint density at radius 2 is 1.52 bits per heavy atom. The number of carbonyl (C=O) groups is 4. The smallest absolute Gasteiger partial charge is 0.422 e. The first-order chi connectivity index (χ1) is 27.5. The van der Waals surface area contributed by atoms with E-state index in [1.54, 1.807) is 24.3 Å². The van der Waals surface area contributed by atoms with E-state index in [1.807, 2.05) is 24.3 Å². The van der Waals surface area contributed by atoms with Crippen LogP contribution in [0.2, 0.25) is 5.02 Å². The molecule has 16 nitrogen and oxygen atoms in total. The summed E-state index contributed by atoms with van der Waals surface area (Å²) in [5.74, 6) is -5.01. The number of hydrogen-bond acceptors (Lipinski definition) is 12. The number of amides is 3. The molecule has 3 aromatic carbocycles. The van der Waals surface area contributed by atoms with Crippen LogP contribution >= 0.6 is 11.6 Å². The van der Waals surface area contributed by atoms with Crippen LogP contribution in [0, 0.1) is 0 Å². The van der Waals surface area contributed by atoms with Gasteiger partial charge in [-0.25, -0.2) is 9.79 Å². The fraction of sp³-hybridized carbons (Fsp3) is 0.316. The molecule has 2 atom stereocenters. The van der Waals surface area contributed by atoms with Crippen LogP contribution < -0.4 is 36.2 Å². The molecule has 20 heteroatoms. The number of alkyl halides is 3. The molecule has 0 spiro atoms. The third kappa shape index (κ3) is 11.2. The first-order valence-corrected chi connectivity index (χ1v) is 18.3. The Hall–Kier alpha value is -6.34. The van der Waals surface area contributed by atoms with Crippen LogP contribution in [0.4, 0.5) is 42.1 Å². The molecule has 1 saturated carbocycles. The van der Waals surface area contributed by atoms with Crippen LogP contribution in [0.5, 0.6) is 6.01 Å². The standard InChI is InChI=1S/C38H38ClF3N10O6/c1-21-18-52(19-22(2)44-21)28-13-11-26(12-14-28)45-32(55)31(54)43-17-29(33(56)57)47-30(53)23-3-9-27(10-4-23)46-34-48-35(50-36(49-34)58-20-38(40,41)42)51-37(15-16-37)24-5-7-25(39)8-6-24/h3-14,21-22,44H,15-20H2,1-2H3,(H,43,54)(H,45,55)(H,56,57)(H2,46,48,49,50,51)/b47-29-. The number of hydrogen-bond donors (Lipinski definition) is 6. The van der Waals surface area contributed by atoms with Crippen molar-refractivity contribution in [2.45, 2.75) is 50.5 Å². The molecule has 0 bridgehead atoms. The second-order valence-electron chi connectivity index (χ2n) is 13.8. The van der Waals surface area contributed by atoms with Gasteiger partial charge in [-0.3, -0.25) is 14.4 Å². The SMILES string of the molecule is CC1CN(c2ccc(NC(=O)C(=O)NC/C(=N/C(=O)c3ccc(Nc4nc(NC5(c6ccc(Cl)cc6)CC5)nc(OCC(F)(F)F)n4)cc3)C(=O)O)cc2)CC(C)N1. The average Bonchev–Trinajstić information content (AvgIpc) is 3.95. The lowest BCUT2D eigenvalue weighted by Crippen LogP contribution is -2.54. The van der Waals surface area contributed by atoms with Crippen molar-refractivity contribution >= 4 is 70.0 Å². The number of nitrogens with one attached hydrogen (secondary N) is 5. The van der Waals surface area contributed by atoms with E-state index in [2.05, 4.69) is 65.3 Å². The number of halogens is 4. The minimum absolute atomic E-state index is 0.0487. The summed E-state index contributed by atoms with van der Waals surface area (Å²) in [6, 6.07) is 19.4. The highest BCUT2D eigenvalue weighted by Crippen LogP contribution is 2.48. The van der Waals surface area contributed by atoms with Gasteiger partial charge in [-0.15, -0.1) is 0 Å². The topological polar surface area (TPSA) is 212 Å². The van der Waals surface area contributed by atoms with Crippen LogP contribution in [0.25, 0.3) is 0 Å². The Balaban J connectivity index is 1.06. The van der Waals surface area contributed by atoms with Crippen molar-refractivity contribution in [1.82, 2.24) is 25.6 Å². The van der Waals surface area contributed by atoms with Gasteiger partial charge in [0.05, 0.1) is 12.1 Å². The first kappa shape index (κ1) is 41.3. The van der Waals surface area contributed by atoms with E-state index in [9.17, 15) is 37.5 Å². The number of ether oxygens (including phenoxy) is 1. The van der Waals surface area contributed by atoms with Crippen LogP contribution in [0.1, 0.15) is 42.6 Å². The summed E-state index contributed by atoms with van der Waals surface area (Å²) < 4.78 is 43.7. The van der Waals surface area contributed by atoms with Crippen LogP contribution in [0.3, 0.4) is 0 Å². The van der Waals surface area contributed by atoms with Gasteiger partial charge in [0.1, 0.15) is 5.71 Å². The summed E-state index contributed by atoms with van der Waals surface area (Å²) in [5.41, 5.74) is 1.11. The molecular formula is C38H38ClF3N10O6. The number of aliphatic imine (C=N–C) groups is 1. The number of carbonyl (C=O) groups excluding carboxylic acids is 3. The van der Waals surface area contributed by atoms with Crippen molar-refractivity contribution in [2.24, 2.45) is 4.99 Å². The number of rotatable bonds is 13. The van der Waals surface area contributed by atoms with Gasteiger partial charge >= 0.3 is 30.0 Å². The monoisotopic (exact) mass is 822 g/mol. The number of aromatic nitrogens is 3. The molecule has 1 aliphatic heterocycles. The van der Waals surface area contributed by atoms with Crippen molar-refractivity contribution in [3.63, 3.8) is 0 Å². The molecule has 2 fully saturated rings. The number of benzene rings is 3. The minimum Gasteiger partial charge on any atom is -0.477 e. The maximum atomic E-state index is 13.0. The highest BCUT2D eigenvalue weighted by molar-refractivity contribution is 6.42. The van der Waals surface area contributed by atoms with Crippen molar-refractivity contribution in [2.75, 3.05) is 47.1 Å². The van der Waals surface area contributed by atoms with Crippen LogP contribution in [-0.2, 0) is 19.9 Å². The molecule has 6 N–H and O–H groups in total. The summed E-state index contributed by atoms with van der Waals surface area (Å²) in [6.45, 7) is 3.42. The van der Waals surface area contributed by atoms with E-state index in [-0.39, 0.29) is 23.1 Å². The Morgan fingerprint density at radius 3 is 2.12 bits per heavy atom. The number of aliphatic carboxylic acids is 1. The summed E-state index contributed by atoms with van der Waals surface area (Å²) in [5, 5.41) is 24.3. The van der Waals surface area contributed by atoms with Crippen LogP contribution in [-0.4, -0.2) is 94.0 Å². The zero-order valence-electron chi connectivity index (χ0n) is 31.1. The van der Waals surface area contributed by atoms with Crippen LogP contribution in [0.15, 0.2) is 77.8 Å². The third-order valence-corrected chi connectivity index (χ3v) is 9.27. The third-order valence-electron chi connectivity index (χ3n) is 9.02. The van der Waals surface area contributed by atoms with Gasteiger partial charge in [0.2, 0.25) is 11.9 Å². The predicted octanol–water partition coefficient (Wildman–Crippen LogP) is 4.92. The average molecular weight is 823 g/mol. The van der Waals surface area contributed by atoms with Gasteiger partial charge < -0.3 is 41.3 Å². The lowest BCUT2D eigenvalue weighted by molar-refractivity contribution is -0.154. The Kier molecular flexibility index (Phi) is 12.4. The van der Waals surface area contributed by atoms with Crippen molar-refractivity contribution in [1.29, 1.82) is 0 Å². The van der Waals surface area contributed by atoms with E-state index in [0.717, 1.165) is 24.3 Å². The largest absolute Gasteiger partial charge is 0.477 e. The van der Waals surface area contributed by atoms with Gasteiger partial charge in [0, 0.05) is 52.8 Å². The van der Waals surface area contributed by atoms with Crippen molar-refractivity contribution in [3.8, 4) is 6.01 Å². The van der Waals surface area contributed by atoms with Gasteiger partial charge in [-0.1, -0.05) is 23.7 Å². The predicted molar refractivity (Wildman–Crippen MR) is 209 cm³/mol. The summed E-state index contributed by atoms with van der Waals surface area (Å²) in [4.78, 5) is 68.0. The molecule has 6 rings (SSSR count). The molecule has 1 saturated heterocycles.